The molecular formula is C7H17NO2Si. The first-order valence-electron chi connectivity index (χ1n) is 3.66. The lowest BCUT2D eigenvalue weighted by atomic mass is 10.5. The minimum Gasteiger partial charge on any atom is -0.394 e. The molecule has 66 valence electrons. The Balaban J connectivity index is 4.38. The van der Waals surface area contributed by atoms with Gasteiger partial charge < -0.3 is 14.6 Å². The number of nitrogens with two attached hydrogens (primary N) is 1. The van der Waals surface area contributed by atoms with Gasteiger partial charge in [0.05, 0.1) is 5.67 Å². The van der Waals surface area contributed by atoms with E-state index in [2.05, 4.69) is 6.58 Å². The molecule has 0 heterocycles. The maximum atomic E-state index is 5.82. The molecular weight excluding hydrogens is 158 g/mol. The Hall–Kier alpha value is -0.163. The van der Waals surface area contributed by atoms with E-state index >= 15 is 0 Å². The van der Waals surface area contributed by atoms with Crippen LogP contribution >= 0.6 is 0 Å². The Morgan fingerprint density at radius 3 is 2.09 bits per heavy atom. The molecule has 2 N–H and O–H groups in total. The topological polar surface area (TPSA) is 44.5 Å². The highest BCUT2D eigenvalue weighted by Gasteiger charge is 2.38. The molecule has 0 radical (unpaired) electrons. The second-order valence-corrected chi connectivity index (χ2v) is 5.76. The van der Waals surface area contributed by atoms with Crippen molar-refractivity contribution in [2.75, 3.05) is 14.2 Å². The second kappa shape index (κ2) is 4.66. The van der Waals surface area contributed by atoms with Crippen LogP contribution in [0.1, 0.15) is 13.3 Å². The molecule has 1 unspecified atom stereocenters. The van der Waals surface area contributed by atoms with Gasteiger partial charge >= 0.3 is 8.56 Å². The third kappa shape index (κ3) is 2.13. The molecule has 0 aromatic carbocycles. The molecule has 0 aliphatic carbocycles. The van der Waals surface area contributed by atoms with Gasteiger partial charge in [-0.05, 0) is 12.1 Å². The van der Waals surface area contributed by atoms with Crippen LogP contribution in [0, 0.1) is 0 Å². The van der Waals surface area contributed by atoms with Gasteiger partial charge in [0.1, 0.15) is 0 Å². The average molecular weight is 175 g/mol. The SMILES string of the molecule is C=C[Si](OC)(OC)C(N)CC. The highest BCUT2D eigenvalue weighted by molar-refractivity contribution is 6.74. The lowest BCUT2D eigenvalue weighted by Crippen LogP contribution is -2.55. The molecule has 0 fully saturated rings. The van der Waals surface area contributed by atoms with E-state index in [0.29, 0.717) is 0 Å². The summed E-state index contributed by atoms with van der Waals surface area (Å²) in [5.74, 6) is 0. The van der Waals surface area contributed by atoms with Gasteiger partial charge in [-0.3, -0.25) is 0 Å². The molecule has 0 aliphatic rings. The molecule has 4 heteroatoms. The third-order valence-electron chi connectivity index (χ3n) is 1.88. The van der Waals surface area contributed by atoms with Gasteiger partial charge in [0.25, 0.3) is 0 Å². The van der Waals surface area contributed by atoms with Gasteiger partial charge in [-0.15, -0.1) is 6.58 Å². The molecule has 0 bridgehead atoms. The molecule has 1 atom stereocenters. The van der Waals surface area contributed by atoms with Crippen molar-refractivity contribution in [1.82, 2.24) is 0 Å². The van der Waals surface area contributed by atoms with E-state index in [0.717, 1.165) is 6.42 Å². The predicted octanol–water partition coefficient (Wildman–Crippen LogP) is 0.723. The van der Waals surface area contributed by atoms with Crippen molar-refractivity contribution >= 4 is 8.56 Å². The summed E-state index contributed by atoms with van der Waals surface area (Å²) < 4.78 is 10.5. The molecule has 0 amide bonds. The molecule has 11 heavy (non-hydrogen) atoms. The summed E-state index contributed by atoms with van der Waals surface area (Å²) >= 11 is 0. The Morgan fingerprint density at radius 1 is 1.55 bits per heavy atom. The van der Waals surface area contributed by atoms with Crippen LogP contribution < -0.4 is 5.73 Å². The highest BCUT2D eigenvalue weighted by atomic mass is 28.4. The molecule has 3 nitrogen and oxygen atoms in total. The van der Waals surface area contributed by atoms with Crippen LogP contribution in [0.25, 0.3) is 0 Å². The minimum absolute atomic E-state index is 0.0324. The Kier molecular flexibility index (Phi) is 4.59. The first-order valence-corrected chi connectivity index (χ1v) is 5.63. The van der Waals surface area contributed by atoms with E-state index < -0.39 is 8.56 Å². The van der Waals surface area contributed by atoms with Gasteiger partial charge in [-0.2, -0.15) is 0 Å². The Bertz CT molecular complexity index is 126. The van der Waals surface area contributed by atoms with Crippen molar-refractivity contribution in [2.45, 2.75) is 19.0 Å². The summed E-state index contributed by atoms with van der Waals surface area (Å²) in [6, 6.07) is 0. The van der Waals surface area contributed by atoms with E-state index in [1.807, 2.05) is 6.92 Å². The molecule has 0 saturated carbocycles. The summed E-state index contributed by atoms with van der Waals surface area (Å²) in [4.78, 5) is 0. The van der Waals surface area contributed by atoms with E-state index in [-0.39, 0.29) is 5.67 Å². The van der Waals surface area contributed by atoms with Crippen molar-refractivity contribution < 1.29 is 8.85 Å². The zero-order valence-electron chi connectivity index (χ0n) is 7.46. The molecule has 0 saturated heterocycles. The van der Waals surface area contributed by atoms with Crippen molar-refractivity contribution in [3.63, 3.8) is 0 Å². The van der Waals surface area contributed by atoms with E-state index in [1.54, 1.807) is 19.9 Å². The van der Waals surface area contributed by atoms with Crippen molar-refractivity contribution in [3.8, 4) is 0 Å². The largest absolute Gasteiger partial charge is 0.394 e. The minimum atomic E-state index is -2.28. The van der Waals surface area contributed by atoms with E-state index in [4.69, 9.17) is 14.6 Å². The van der Waals surface area contributed by atoms with E-state index in [9.17, 15) is 0 Å². The smallest absolute Gasteiger partial charge is 0.381 e. The van der Waals surface area contributed by atoms with Crippen molar-refractivity contribution in [3.05, 3.63) is 12.3 Å². The Labute approximate surface area is 69.4 Å². The first-order chi connectivity index (χ1) is 5.16. The maximum Gasteiger partial charge on any atom is 0.381 e. The van der Waals surface area contributed by atoms with Crippen LogP contribution in [0.4, 0.5) is 0 Å². The average Bonchev–Trinajstić information content (AvgIpc) is 2.08. The fourth-order valence-corrected chi connectivity index (χ4v) is 2.97. The summed E-state index contributed by atoms with van der Waals surface area (Å²) in [6.45, 7) is 5.68. The fraction of sp³-hybridized carbons (Fsp3) is 0.714. The van der Waals surface area contributed by atoms with Crippen LogP contribution in [0.3, 0.4) is 0 Å². The lowest BCUT2D eigenvalue weighted by molar-refractivity contribution is 0.243. The summed E-state index contributed by atoms with van der Waals surface area (Å²) in [5.41, 5.74) is 7.52. The van der Waals surface area contributed by atoms with Crippen molar-refractivity contribution in [2.24, 2.45) is 5.73 Å². The number of rotatable bonds is 5. The zero-order chi connectivity index (χ0) is 8.91. The summed E-state index contributed by atoms with van der Waals surface area (Å²) in [7, 11) is 0.957. The monoisotopic (exact) mass is 175 g/mol. The summed E-state index contributed by atoms with van der Waals surface area (Å²) in [6.07, 6.45) is 0.847. The van der Waals surface area contributed by atoms with Gasteiger partial charge in [-0.25, -0.2) is 0 Å². The standard InChI is InChI=1S/C7H17NO2Si/c1-5-7(8)11(6-2,9-3)10-4/h6-7H,2,5,8H2,1,3-4H3. The highest BCUT2D eigenvalue weighted by Crippen LogP contribution is 2.12. The quantitative estimate of drug-likeness (QED) is 0.626. The van der Waals surface area contributed by atoms with Crippen LogP contribution in [-0.2, 0) is 8.85 Å². The van der Waals surface area contributed by atoms with Crippen LogP contribution in [0.2, 0.25) is 0 Å². The van der Waals surface area contributed by atoms with Gasteiger partial charge in [-0.1, -0.05) is 6.92 Å². The first kappa shape index (κ1) is 10.8. The summed E-state index contributed by atoms with van der Waals surface area (Å²) in [5, 5.41) is 0. The molecule has 0 rings (SSSR count). The van der Waals surface area contributed by atoms with Crippen molar-refractivity contribution in [1.29, 1.82) is 0 Å². The lowest BCUT2D eigenvalue weighted by Gasteiger charge is -2.28. The van der Waals surface area contributed by atoms with Gasteiger partial charge in [0.15, 0.2) is 0 Å². The maximum absolute atomic E-state index is 5.82. The number of hydrogen-bond donors (Lipinski definition) is 1. The van der Waals surface area contributed by atoms with Crippen LogP contribution in [0.15, 0.2) is 12.3 Å². The fourth-order valence-electron chi connectivity index (χ4n) is 0.989. The molecule has 0 aliphatic heterocycles. The van der Waals surface area contributed by atoms with E-state index in [1.165, 1.54) is 0 Å². The number of hydrogen-bond acceptors (Lipinski definition) is 3. The molecule has 0 spiro atoms. The molecule has 0 aromatic rings. The normalized spacial score (nSPS) is 14.5. The van der Waals surface area contributed by atoms with Gasteiger partial charge in [0, 0.05) is 14.2 Å². The van der Waals surface area contributed by atoms with Crippen LogP contribution in [-0.4, -0.2) is 28.4 Å². The second-order valence-electron chi connectivity index (χ2n) is 2.35. The zero-order valence-corrected chi connectivity index (χ0v) is 8.46. The van der Waals surface area contributed by atoms with Gasteiger partial charge in [0.2, 0.25) is 0 Å². The molecule has 0 aromatic heterocycles. The van der Waals surface area contributed by atoms with Crippen LogP contribution in [0.5, 0.6) is 0 Å². The Morgan fingerprint density at radius 2 is 2.00 bits per heavy atom. The third-order valence-corrected chi connectivity index (χ3v) is 5.17. The predicted molar refractivity (Wildman–Crippen MR) is 48.2 cm³/mol.